The molecule has 0 fully saturated rings. The second-order valence-electron chi connectivity index (χ2n) is 6.21. The van der Waals surface area contributed by atoms with E-state index in [0.29, 0.717) is 33.7 Å². The molecule has 0 aliphatic heterocycles. The summed E-state index contributed by atoms with van der Waals surface area (Å²) < 4.78 is 6.80. The van der Waals surface area contributed by atoms with Crippen molar-refractivity contribution in [3.63, 3.8) is 0 Å². The maximum Gasteiger partial charge on any atom is 0.256 e. The Balaban J connectivity index is 1.72. The van der Waals surface area contributed by atoms with Gasteiger partial charge in [0, 0.05) is 28.4 Å². The van der Waals surface area contributed by atoms with E-state index >= 15 is 0 Å². The number of aromatic nitrogens is 3. The molecule has 0 atom stereocenters. The second kappa shape index (κ2) is 8.16. The summed E-state index contributed by atoms with van der Waals surface area (Å²) in [5.41, 5.74) is 2.04. The molecule has 2 aromatic heterocycles. The summed E-state index contributed by atoms with van der Waals surface area (Å²) in [6.07, 6.45) is 1.67. The highest BCUT2D eigenvalue weighted by Crippen LogP contribution is 2.26. The zero-order valence-electron chi connectivity index (χ0n) is 15.5. The van der Waals surface area contributed by atoms with Crippen LogP contribution in [0.4, 0.5) is 5.82 Å². The first kappa shape index (κ1) is 18.7. The van der Waals surface area contributed by atoms with Crippen molar-refractivity contribution in [3.8, 4) is 22.8 Å². The fraction of sp³-hybridized carbons (Fsp3) is 0.0455. The molecule has 0 spiro atoms. The summed E-state index contributed by atoms with van der Waals surface area (Å²) in [7, 11) is 1.56. The molecule has 0 bridgehead atoms. The van der Waals surface area contributed by atoms with Crippen molar-refractivity contribution in [2.75, 3.05) is 12.4 Å². The average molecular weight is 405 g/mol. The number of carbonyl (C=O) groups excluding carboxylic acids is 1. The van der Waals surface area contributed by atoms with Crippen LogP contribution < -0.4 is 10.1 Å². The fourth-order valence-electron chi connectivity index (χ4n) is 2.84. The zero-order chi connectivity index (χ0) is 20.2. The first-order valence-electron chi connectivity index (χ1n) is 8.87. The predicted molar refractivity (Wildman–Crippen MR) is 113 cm³/mol. The number of benzene rings is 2. The van der Waals surface area contributed by atoms with Crippen LogP contribution in [-0.4, -0.2) is 27.8 Å². The number of halogens is 1. The van der Waals surface area contributed by atoms with E-state index in [1.54, 1.807) is 60.5 Å². The van der Waals surface area contributed by atoms with E-state index in [1.165, 1.54) is 0 Å². The number of hydrogen-bond acceptors (Lipinski definition) is 4. The van der Waals surface area contributed by atoms with Crippen molar-refractivity contribution < 1.29 is 9.53 Å². The number of carbonyl (C=O) groups is 1. The maximum absolute atomic E-state index is 12.8. The third-order valence-electron chi connectivity index (χ3n) is 4.29. The van der Waals surface area contributed by atoms with E-state index in [1.807, 2.05) is 30.3 Å². The predicted octanol–water partition coefficient (Wildman–Crippen LogP) is 4.85. The molecule has 29 heavy (non-hydrogen) atoms. The number of rotatable bonds is 5. The number of methoxy groups -OCH3 is 1. The number of amides is 1. The van der Waals surface area contributed by atoms with Crippen LogP contribution in [0.2, 0.25) is 5.02 Å². The number of hydrogen-bond donors (Lipinski definition) is 1. The normalized spacial score (nSPS) is 10.6. The highest BCUT2D eigenvalue weighted by atomic mass is 35.5. The van der Waals surface area contributed by atoms with Gasteiger partial charge in [0.15, 0.2) is 5.82 Å². The summed E-state index contributed by atoms with van der Waals surface area (Å²) in [6, 6.07) is 21.6. The molecule has 6 nitrogen and oxygen atoms in total. The molecular weight excluding hydrogens is 388 g/mol. The summed E-state index contributed by atoms with van der Waals surface area (Å²) in [5.74, 6) is 1.43. The Bertz CT molecular complexity index is 1140. The lowest BCUT2D eigenvalue weighted by Crippen LogP contribution is -2.15. The minimum Gasteiger partial charge on any atom is -0.497 e. The quantitative estimate of drug-likeness (QED) is 0.516. The minimum absolute atomic E-state index is 0.274. The van der Waals surface area contributed by atoms with Gasteiger partial charge in [-0.3, -0.25) is 4.79 Å². The van der Waals surface area contributed by atoms with Gasteiger partial charge in [-0.15, -0.1) is 0 Å². The Kier molecular flexibility index (Phi) is 5.27. The molecule has 2 aromatic carbocycles. The summed E-state index contributed by atoms with van der Waals surface area (Å²) in [4.78, 5) is 17.2. The van der Waals surface area contributed by atoms with Gasteiger partial charge in [-0.05, 0) is 42.5 Å². The van der Waals surface area contributed by atoms with Crippen molar-refractivity contribution in [1.29, 1.82) is 0 Å². The Morgan fingerprint density at radius 2 is 1.86 bits per heavy atom. The van der Waals surface area contributed by atoms with E-state index in [9.17, 15) is 4.79 Å². The van der Waals surface area contributed by atoms with Crippen LogP contribution in [0.5, 0.6) is 5.75 Å². The van der Waals surface area contributed by atoms with Crippen LogP contribution in [0.15, 0.2) is 79.0 Å². The molecule has 7 heteroatoms. The standard InChI is InChI=1S/C22H17ClN4O2/c1-29-18-6-4-5-16(13-18)22(28)25-21-14-19(15-8-10-17(23)11-9-15)26-27(21)20-7-2-3-12-24-20/h2-14H,1H3,(H,25,28). The Morgan fingerprint density at radius 3 is 2.59 bits per heavy atom. The molecule has 0 aliphatic rings. The van der Waals surface area contributed by atoms with Crippen LogP contribution in [0.25, 0.3) is 17.1 Å². The van der Waals surface area contributed by atoms with E-state index in [0.717, 1.165) is 5.56 Å². The summed E-state index contributed by atoms with van der Waals surface area (Å²) >= 11 is 5.99. The van der Waals surface area contributed by atoms with Gasteiger partial charge in [-0.2, -0.15) is 9.78 Å². The molecule has 0 saturated carbocycles. The van der Waals surface area contributed by atoms with Gasteiger partial charge in [-0.1, -0.05) is 35.9 Å². The molecule has 4 aromatic rings. The van der Waals surface area contributed by atoms with Crippen molar-refractivity contribution in [2.45, 2.75) is 0 Å². The highest BCUT2D eigenvalue weighted by molar-refractivity contribution is 6.30. The Morgan fingerprint density at radius 1 is 1.03 bits per heavy atom. The number of pyridine rings is 1. The van der Waals surface area contributed by atoms with Crippen LogP contribution in [0.1, 0.15) is 10.4 Å². The third kappa shape index (κ3) is 4.12. The topological polar surface area (TPSA) is 69.0 Å². The molecule has 1 amide bonds. The van der Waals surface area contributed by atoms with E-state index in [-0.39, 0.29) is 5.91 Å². The summed E-state index contributed by atoms with van der Waals surface area (Å²) in [6.45, 7) is 0. The minimum atomic E-state index is -0.274. The number of ether oxygens (including phenoxy) is 1. The first-order chi connectivity index (χ1) is 14.1. The number of anilines is 1. The Hall–Kier alpha value is -3.64. The van der Waals surface area contributed by atoms with Crippen molar-refractivity contribution in [1.82, 2.24) is 14.8 Å². The molecule has 0 radical (unpaired) electrons. The van der Waals surface area contributed by atoms with Crippen molar-refractivity contribution in [2.24, 2.45) is 0 Å². The molecule has 1 N–H and O–H groups in total. The van der Waals surface area contributed by atoms with E-state index in [2.05, 4.69) is 15.4 Å². The van der Waals surface area contributed by atoms with E-state index < -0.39 is 0 Å². The fourth-order valence-corrected chi connectivity index (χ4v) is 2.96. The van der Waals surface area contributed by atoms with E-state index in [4.69, 9.17) is 16.3 Å². The molecule has 0 unspecified atom stereocenters. The van der Waals surface area contributed by atoms with Crippen LogP contribution in [-0.2, 0) is 0 Å². The van der Waals surface area contributed by atoms with Crippen molar-refractivity contribution in [3.05, 3.63) is 89.6 Å². The van der Waals surface area contributed by atoms with Gasteiger partial charge in [0.05, 0.1) is 12.8 Å². The second-order valence-corrected chi connectivity index (χ2v) is 6.64. The van der Waals surface area contributed by atoms with Crippen LogP contribution in [0.3, 0.4) is 0 Å². The smallest absolute Gasteiger partial charge is 0.256 e. The Labute approximate surface area is 172 Å². The highest BCUT2D eigenvalue weighted by Gasteiger charge is 2.16. The maximum atomic E-state index is 12.8. The SMILES string of the molecule is COc1cccc(C(=O)Nc2cc(-c3ccc(Cl)cc3)nn2-c2ccccn2)c1. The molecule has 2 heterocycles. The van der Waals surface area contributed by atoms with Gasteiger partial charge >= 0.3 is 0 Å². The third-order valence-corrected chi connectivity index (χ3v) is 4.54. The van der Waals surface area contributed by atoms with Gasteiger partial charge < -0.3 is 10.1 Å². The first-order valence-corrected chi connectivity index (χ1v) is 9.24. The molecule has 0 saturated heterocycles. The van der Waals surface area contributed by atoms with Gasteiger partial charge in [-0.25, -0.2) is 4.98 Å². The van der Waals surface area contributed by atoms with Crippen molar-refractivity contribution >= 4 is 23.3 Å². The lowest BCUT2D eigenvalue weighted by atomic mass is 10.1. The van der Waals surface area contributed by atoms with Gasteiger partial charge in [0.2, 0.25) is 0 Å². The zero-order valence-corrected chi connectivity index (χ0v) is 16.3. The average Bonchev–Trinajstić information content (AvgIpc) is 3.18. The number of nitrogens with one attached hydrogen (secondary N) is 1. The van der Waals surface area contributed by atoms with Gasteiger partial charge in [0.1, 0.15) is 11.6 Å². The summed E-state index contributed by atoms with van der Waals surface area (Å²) in [5, 5.41) is 8.19. The lowest BCUT2D eigenvalue weighted by Gasteiger charge is -2.08. The van der Waals surface area contributed by atoms with Gasteiger partial charge in [0.25, 0.3) is 5.91 Å². The number of nitrogens with zero attached hydrogens (tertiary/aromatic N) is 3. The monoisotopic (exact) mass is 404 g/mol. The lowest BCUT2D eigenvalue weighted by molar-refractivity contribution is 0.102. The molecular formula is C22H17ClN4O2. The van der Waals surface area contributed by atoms with Crippen LogP contribution in [0, 0.1) is 0 Å². The molecule has 0 aliphatic carbocycles. The molecule has 144 valence electrons. The molecule has 4 rings (SSSR count). The largest absolute Gasteiger partial charge is 0.497 e. The van der Waals surface area contributed by atoms with Crippen LogP contribution >= 0.6 is 11.6 Å².